The van der Waals surface area contributed by atoms with Crippen LogP contribution in [0, 0.1) is 12.8 Å². The van der Waals surface area contributed by atoms with Crippen molar-refractivity contribution in [2.75, 3.05) is 13.1 Å². The van der Waals surface area contributed by atoms with Gasteiger partial charge in [-0.25, -0.2) is 0 Å². The van der Waals surface area contributed by atoms with E-state index in [-0.39, 0.29) is 17.7 Å². The van der Waals surface area contributed by atoms with Crippen LogP contribution in [0.15, 0.2) is 30.3 Å². The molecule has 0 atom stereocenters. The topological polar surface area (TPSA) is 58.2 Å². The Kier molecular flexibility index (Phi) is 6.50. The van der Waals surface area contributed by atoms with Crippen molar-refractivity contribution < 1.29 is 9.59 Å². The minimum atomic E-state index is -0.162. The third-order valence-electron chi connectivity index (χ3n) is 2.72. The van der Waals surface area contributed by atoms with Crippen LogP contribution in [-0.4, -0.2) is 24.9 Å². The van der Waals surface area contributed by atoms with E-state index in [0.717, 1.165) is 11.1 Å². The molecule has 4 heteroatoms. The molecule has 0 aliphatic heterocycles. The van der Waals surface area contributed by atoms with E-state index in [4.69, 9.17) is 0 Å². The Morgan fingerprint density at radius 3 is 2.55 bits per heavy atom. The second-order valence-corrected chi connectivity index (χ2v) is 4.98. The largest absolute Gasteiger partial charge is 0.354 e. The van der Waals surface area contributed by atoms with Crippen molar-refractivity contribution in [3.8, 4) is 0 Å². The van der Waals surface area contributed by atoms with Gasteiger partial charge in [-0.3, -0.25) is 9.59 Å². The SMILES string of the molecule is Cc1cccc(C=CC(=O)NCCNC(=O)C(C)C)c1. The van der Waals surface area contributed by atoms with Crippen LogP contribution in [-0.2, 0) is 9.59 Å². The fourth-order valence-electron chi connectivity index (χ4n) is 1.58. The molecule has 0 aromatic heterocycles. The minimum Gasteiger partial charge on any atom is -0.354 e. The molecule has 0 radical (unpaired) electrons. The van der Waals surface area contributed by atoms with Crippen LogP contribution in [0.3, 0.4) is 0 Å². The van der Waals surface area contributed by atoms with Gasteiger partial charge in [0.1, 0.15) is 0 Å². The summed E-state index contributed by atoms with van der Waals surface area (Å²) in [5.41, 5.74) is 2.15. The van der Waals surface area contributed by atoms with Crippen LogP contribution >= 0.6 is 0 Å². The van der Waals surface area contributed by atoms with Gasteiger partial charge < -0.3 is 10.6 Å². The Hall–Kier alpha value is -2.10. The first-order valence-corrected chi connectivity index (χ1v) is 6.79. The number of nitrogens with one attached hydrogen (secondary N) is 2. The van der Waals surface area contributed by atoms with E-state index < -0.39 is 0 Å². The van der Waals surface area contributed by atoms with Crippen LogP contribution in [0.5, 0.6) is 0 Å². The van der Waals surface area contributed by atoms with Crippen LogP contribution in [0.1, 0.15) is 25.0 Å². The molecule has 1 rings (SSSR count). The van der Waals surface area contributed by atoms with E-state index in [1.54, 1.807) is 6.08 Å². The number of hydrogen-bond donors (Lipinski definition) is 2. The number of amides is 2. The Labute approximate surface area is 120 Å². The van der Waals surface area contributed by atoms with Gasteiger partial charge in [0, 0.05) is 25.1 Å². The van der Waals surface area contributed by atoms with E-state index in [1.165, 1.54) is 6.08 Å². The monoisotopic (exact) mass is 274 g/mol. The maximum absolute atomic E-state index is 11.6. The lowest BCUT2D eigenvalue weighted by Crippen LogP contribution is -2.35. The van der Waals surface area contributed by atoms with Crippen LogP contribution in [0.4, 0.5) is 0 Å². The summed E-state index contributed by atoms with van der Waals surface area (Å²) in [5, 5.41) is 5.46. The summed E-state index contributed by atoms with van der Waals surface area (Å²) in [7, 11) is 0. The molecule has 20 heavy (non-hydrogen) atoms. The number of benzene rings is 1. The van der Waals surface area contributed by atoms with Crippen molar-refractivity contribution in [2.24, 2.45) is 5.92 Å². The number of rotatable bonds is 6. The molecule has 0 aliphatic rings. The smallest absolute Gasteiger partial charge is 0.244 e. The second kappa shape index (κ2) is 8.15. The van der Waals surface area contributed by atoms with Gasteiger partial charge >= 0.3 is 0 Å². The van der Waals surface area contributed by atoms with Gasteiger partial charge in [-0.15, -0.1) is 0 Å². The first-order valence-electron chi connectivity index (χ1n) is 6.79. The summed E-state index contributed by atoms with van der Waals surface area (Å²) in [6.07, 6.45) is 3.27. The second-order valence-electron chi connectivity index (χ2n) is 4.98. The molecule has 2 N–H and O–H groups in total. The zero-order valence-corrected chi connectivity index (χ0v) is 12.3. The molecule has 0 saturated carbocycles. The molecular formula is C16H22N2O2. The van der Waals surface area contributed by atoms with Crippen molar-refractivity contribution in [2.45, 2.75) is 20.8 Å². The van der Waals surface area contributed by atoms with Crippen molar-refractivity contribution >= 4 is 17.9 Å². The number of aryl methyl sites for hydroxylation is 1. The summed E-state index contributed by atoms with van der Waals surface area (Å²) in [6.45, 7) is 6.54. The highest BCUT2D eigenvalue weighted by atomic mass is 16.2. The predicted molar refractivity (Wildman–Crippen MR) is 81.1 cm³/mol. The van der Waals surface area contributed by atoms with Crippen molar-refractivity contribution in [1.82, 2.24) is 10.6 Å². The molecule has 0 fully saturated rings. The third-order valence-corrected chi connectivity index (χ3v) is 2.72. The lowest BCUT2D eigenvalue weighted by molar-refractivity contribution is -0.124. The molecule has 1 aromatic carbocycles. The molecule has 0 spiro atoms. The third kappa shape index (κ3) is 6.18. The summed E-state index contributed by atoms with van der Waals surface area (Å²) in [4.78, 5) is 22.9. The molecule has 0 aliphatic carbocycles. The lowest BCUT2D eigenvalue weighted by Gasteiger charge is -2.07. The van der Waals surface area contributed by atoms with Crippen molar-refractivity contribution in [3.05, 3.63) is 41.5 Å². The average Bonchev–Trinajstić information content (AvgIpc) is 2.41. The number of hydrogen-bond acceptors (Lipinski definition) is 2. The van der Waals surface area contributed by atoms with E-state index in [0.29, 0.717) is 13.1 Å². The fourth-order valence-corrected chi connectivity index (χ4v) is 1.58. The summed E-state index contributed by atoms with van der Waals surface area (Å²) in [6, 6.07) is 7.91. The molecule has 108 valence electrons. The normalized spacial score (nSPS) is 10.8. The predicted octanol–water partition coefficient (Wildman–Crippen LogP) is 1.90. The van der Waals surface area contributed by atoms with Gasteiger partial charge in [0.15, 0.2) is 0 Å². The van der Waals surface area contributed by atoms with Crippen LogP contribution in [0.25, 0.3) is 6.08 Å². The van der Waals surface area contributed by atoms with E-state index in [1.807, 2.05) is 45.0 Å². The van der Waals surface area contributed by atoms with Gasteiger partial charge in [-0.05, 0) is 18.6 Å². The first-order chi connectivity index (χ1) is 9.49. The van der Waals surface area contributed by atoms with Gasteiger partial charge in [-0.2, -0.15) is 0 Å². The molecule has 4 nitrogen and oxygen atoms in total. The van der Waals surface area contributed by atoms with Crippen molar-refractivity contribution in [3.63, 3.8) is 0 Å². The van der Waals surface area contributed by atoms with E-state index in [2.05, 4.69) is 10.6 Å². The van der Waals surface area contributed by atoms with Crippen LogP contribution < -0.4 is 10.6 Å². The highest BCUT2D eigenvalue weighted by Crippen LogP contribution is 2.05. The summed E-state index contributed by atoms with van der Waals surface area (Å²) >= 11 is 0. The highest BCUT2D eigenvalue weighted by Gasteiger charge is 2.04. The molecule has 0 heterocycles. The van der Waals surface area contributed by atoms with Gasteiger partial charge in [0.25, 0.3) is 0 Å². The standard InChI is InChI=1S/C16H22N2O2/c1-12(2)16(20)18-10-9-17-15(19)8-7-14-6-4-5-13(3)11-14/h4-8,11-12H,9-10H2,1-3H3,(H,17,19)(H,18,20). The Morgan fingerprint density at radius 2 is 1.90 bits per heavy atom. The Balaban J connectivity index is 2.28. The molecule has 0 bridgehead atoms. The maximum atomic E-state index is 11.6. The number of carbonyl (C=O) groups excluding carboxylic acids is 2. The van der Waals surface area contributed by atoms with Gasteiger partial charge in [0.2, 0.25) is 11.8 Å². The Bertz CT molecular complexity index is 493. The van der Waals surface area contributed by atoms with Gasteiger partial charge in [0.05, 0.1) is 0 Å². The fraction of sp³-hybridized carbons (Fsp3) is 0.375. The molecule has 0 saturated heterocycles. The lowest BCUT2D eigenvalue weighted by atomic mass is 10.1. The summed E-state index contributed by atoms with van der Waals surface area (Å²) in [5.74, 6) is -0.202. The molecule has 0 unspecified atom stereocenters. The zero-order valence-electron chi connectivity index (χ0n) is 12.3. The first kappa shape index (κ1) is 16.0. The zero-order chi connectivity index (χ0) is 15.0. The molecule has 1 aromatic rings. The summed E-state index contributed by atoms with van der Waals surface area (Å²) < 4.78 is 0. The van der Waals surface area contributed by atoms with Gasteiger partial charge in [-0.1, -0.05) is 43.7 Å². The molecule has 2 amide bonds. The quantitative estimate of drug-likeness (QED) is 0.615. The van der Waals surface area contributed by atoms with Crippen molar-refractivity contribution in [1.29, 1.82) is 0 Å². The van der Waals surface area contributed by atoms with E-state index in [9.17, 15) is 9.59 Å². The Morgan fingerprint density at radius 1 is 1.20 bits per heavy atom. The minimum absolute atomic E-state index is 0.00504. The van der Waals surface area contributed by atoms with Crippen LogP contribution in [0.2, 0.25) is 0 Å². The van der Waals surface area contributed by atoms with E-state index >= 15 is 0 Å². The highest BCUT2D eigenvalue weighted by molar-refractivity contribution is 5.91. The average molecular weight is 274 g/mol. The maximum Gasteiger partial charge on any atom is 0.244 e. The molecular weight excluding hydrogens is 252 g/mol. The number of carbonyl (C=O) groups is 2.